The molecule has 3 rings (SSSR count). The Morgan fingerprint density at radius 1 is 1.24 bits per heavy atom. The van der Waals surface area contributed by atoms with Gasteiger partial charge in [-0.1, -0.05) is 13.8 Å². The number of aliphatic hydroxyl groups is 1. The topological polar surface area (TPSA) is 65.0 Å². The highest BCUT2D eigenvalue weighted by molar-refractivity contribution is 5.82. The van der Waals surface area contributed by atoms with E-state index in [2.05, 4.69) is 0 Å². The van der Waals surface area contributed by atoms with E-state index in [4.69, 9.17) is 14.2 Å². The van der Waals surface area contributed by atoms with Crippen LogP contribution in [0, 0.1) is 0 Å². The molecule has 1 saturated carbocycles. The first-order chi connectivity index (χ1) is 8.02. The highest BCUT2D eigenvalue weighted by atomic mass is 16.8. The van der Waals surface area contributed by atoms with Crippen molar-refractivity contribution in [3.05, 3.63) is 0 Å². The molecule has 1 N–H and O–H groups in total. The van der Waals surface area contributed by atoms with Gasteiger partial charge in [-0.3, -0.25) is 0 Å². The Morgan fingerprint density at radius 2 is 1.88 bits per heavy atom. The number of esters is 1. The molecule has 0 unspecified atom stereocenters. The average Bonchev–Trinajstić information content (AvgIpc) is 2.78. The number of carbonyl (C=O) groups is 1. The Kier molecular flexibility index (Phi) is 2.31. The Morgan fingerprint density at radius 3 is 2.53 bits per heavy atom. The van der Waals surface area contributed by atoms with Crippen LogP contribution in [0.5, 0.6) is 0 Å². The molecule has 0 aromatic rings. The quantitative estimate of drug-likeness (QED) is 0.723. The number of hydrogen-bond donors (Lipinski definition) is 1. The second-order valence-corrected chi connectivity index (χ2v) is 5.24. The largest absolute Gasteiger partial charge is 0.457 e. The van der Waals surface area contributed by atoms with Crippen LogP contribution in [0.4, 0.5) is 0 Å². The van der Waals surface area contributed by atoms with Crippen molar-refractivity contribution in [1.29, 1.82) is 0 Å². The zero-order valence-electron chi connectivity index (χ0n) is 10.1. The summed E-state index contributed by atoms with van der Waals surface area (Å²) in [7, 11) is 0. The van der Waals surface area contributed by atoms with Crippen molar-refractivity contribution < 1.29 is 24.1 Å². The van der Waals surface area contributed by atoms with Crippen LogP contribution in [0.15, 0.2) is 0 Å². The zero-order valence-corrected chi connectivity index (χ0v) is 10.1. The van der Waals surface area contributed by atoms with Crippen molar-refractivity contribution in [1.82, 2.24) is 0 Å². The number of carbonyl (C=O) groups excluding carboxylic acids is 1. The lowest BCUT2D eigenvalue weighted by atomic mass is 9.82. The number of rotatable bonds is 2. The summed E-state index contributed by atoms with van der Waals surface area (Å²) in [5, 5.41) is 10.1. The molecule has 3 aliphatic rings. The average molecular weight is 242 g/mol. The van der Waals surface area contributed by atoms with Gasteiger partial charge in [-0.2, -0.15) is 0 Å². The molecule has 3 fully saturated rings. The molecule has 0 amide bonds. The van der Waals surface area contributed by atoms with Gasteiger partial charge in [-0.15, -0.1) is 0 Å². The first-order valence-electron chi connectivity index (χ1n) is 6.31. The number of fused-ring (bicyclic) bond motifs is 4. The van der Waals surface area contributed by atoms with Gasteiger partial charge in [0.1, 0.15) is 12.2 Å². The van der Waals surface area contributed by atoms with Gasteiger partial charge in [0.05, 0.1) is 6.10 Å². The van der Waals surface area contributed by atoms with Gasteiger partial charge in [0, 0.05) is 12.8 Å². The van der Waals surface area contributed by atoms with Crippen molar-refractivity contribution in [2.24, 2.45) is 0 Å². The summed E-state index contributed by atoms with van der Waals surface area (Å²) >= 11 is 0. The maximum absolute atomic E-state index is 11.5. The summed E-state index contributed by atoms with van der Waals surface area (Å²) in [6.45, 7) is 4.03. The van der Waals surface area contributed by atoms with Gasteiger partial charge in [0.2, 0.25) is 0 Å². The third kappa shape index (κ3) is 1.46. The van der Waals surface area contributed by atoms with Crippen LogP contribution in [0.2, 0.25) is 0 Å². The second kappa shape index (κ2) is 3.43. The van der Waals surface area contributed by atoms with Crippen molar-refractivity contribution in [2.75, 3.05) is 0 Å². The van der Waals surface area contributed by atoms with Crippen LogP contribution in [-0.4, -0.2) is 40.8 Å². The van der Waals surface area contributed by atoms with E-state index in [0.717, 1.165) is 12.8 Å². The summed E-state index contributed by atoms with van der Waals surface area (Å²) in [6.07, 6.45) is 1.33. The lowest BCUT2D eigenvalue weighted by molar-refractivity contribution is -0.191. The number of hydrogen-bond acceptors (Lipinski definition) is 5. The summed E-state index contributed by atoms with van der Waals surface area (Å²) in [4.78, 5) is 11.5. The molecule has 0 aromatic carbocycles. The van der Waals surface area contributed by atoms with E-state index in [1.807, 2.05) is 13.8 Å². The van der Waals surface area contributed by atoms with Crippen molar-refractivity contribution in [3.63, 3.8) is 0 Å². The molecule has 2 saturated heterocycles. The second-order valence-electron chi connectivity index (χ2n) is 5.24. The Hall–Kier alpha value is -0.650. The summed E-state index contributed by atoms with van der Waals surface area (Å²) in [5.41, 5.74) is -1.35. The van der Waals surface area contributed by atoms with Gasteiger partial charge < -0.3 is 19.3 Å². The van der Waals surface area contributed by atoms with Crippen LogP contribution in [0.25, 0.3) is 0 Å². The van der Waals surface area contributed by atoms with Crippen molar-refractivity contribution in [2.45, 2.75) is 69.2 Å². The van der Waals surface area contributed by atoms with E-state index in [9.17, 15) is 9.90 Å². The van der Waals surface area contributed by atoms with Crippen LogP contribution < -0.4 is 0 Å². The molecule has 2 aliphatic heterocycles. The van der Waals surface area contributed by atoms with Crippen LogP contribution in [-0.2, 0) is 19.0 Å². The molecule has 17 heavy (non-hydrogen) atoms. The third-order valence-corrected chi connectivity index (χ3v) is 4.24. The minimum Gasteiger partial charge on any atom is -0.457 e. The predicted molar refractivity (Wildman–Crippen MR) is 57.1 cm³/mol. The molecule has 5 heteroatoms. The van der Waals surface area contributed by atoms with Crippen molar-refractivity contribution >= 4 is 5.97 Å². The Bertz CT molecular complexity index is 351. The molecule has 0 spiro atoms. The smallest absolute Gasteiger partial charge is 0.338 e. The van der Waals surface area contributed by atoms with E-state index in [-0.39, 0.29) is 24.7 Å². The predicted octanol–water partition coefficient (Wildman–Crippen LogP) is 0.737. The first-order valence-corrected chi connectivity index (χ1v) is 6.31. The molecular weight excluding hydrogens is 224 g/mol. The molecule has 2 heterocycles. The Balaban J connectivity index is 1.86. The van der Waals surface area contributed by atoms with E-state index < -0.39 is 17.4 Å². The summed E-state index contributed by atoms with van der Waals surface area (Å²) in [6, 6.07) is 0. The summed E-state index contributed by atoms with van der Waals surface area (Å²) in [5.74, 6) is -1.09. The van der Waals surface area contributed by atoms with E-state index in [0.29, 0.717) is 6.42 Å². The van der Waals surface area contributed by atoms with E-state index in [1.165, 1.54) is 0 Å². The third-order valence-electron chi connectivity index (χ3n) is 4.24. The first kappa shape index (κ1) is 11.4. The fraction of sp³-hybridized carbons (Fsp3) is 0.917. The van der Waals surface area contributed by atoms with Crippen LogP contribution in [0.3, 0.4) is 0 Å². The van der Waals surface area contributed by atoms with Gasteiger partial charge >= 0.3 is 5.97 Å². The SMILES string of the molecule is CCC1(CC)O[C@H]2[C@H]3C[C@@](O)(C[C@H]2O1)C(=O)O3. The highest BCUT2D eigenvalue weighted by Crippen LogP contribution is 2.47. The fourth-order valence-corrected chi connectivity index (χ4v) is 3.14. The van der Waals surface area contributed by atoms with Crippen LogP contribution >= 0.6 is 0 Å². The standard InChI is InChI=1S/C12H18O5/c1-3-12(4-2)16-8-6-11(14)5-7(9(8)17-12)15-10(11)13/h7-9,14H,3-6H2,1-2H3/t7-,8-,9+,11-/m1/s1. The molecule has 96 valence electrons. The van der Waals surface area contributed by atoms with Crippen LogP contribution in [0.1, 0.15) is 39.5 Å². The van der Waals surface area contributed by atoms with E-state index in [1.54, 1.807) is 0 Å². The molecule has 4 atom stereocenters. The van der Waals surface area contributed by atoms with E-state index >= 15 is 0 Å². The number of ether oxygens (including phenoxy) is 3. The van der Waals surface area contributed by atoms with Gasteiger partial charge in [0.25, 0.3) is 0 Å². The minimum absolute atomic E-state index is 0.221. The Labute approximate surface area is 100 Å². The molecule has 0 aromatic heterocycles. The summed E-state index contributed by atoms with van der Waals surface area (Å²) < 4.78 is 17.1. The molecule has 5 nitrogen and oxygen atoms in total. The maximum atomic E-state index is 11.5. The fourth-order valence-electron chi connectivity index (χ4n) is 3.14. The lowest BCUT2D eigenvalue weighted by Gasteiger charge is -2.29. The highest BCUT2D eigenvalue weighted by Gasteiger charge is 2.63. The van der Waals surface area contributed by atoms with Gasteiger partial charge in [0.15, 0.2) is 11.4 Å². The molecular formula is C12H18O5. The van der Waals surface area contributed by atoms with Gasteiger partial charge in [-0.05, 0) is 12.8 Å². The van der Waals surface area contributed by atoms with Gasteiger partial charge in [-0.25, -0.2) is 4.79 Å². The van der Waals surface area contributed by atoms with Crippen molar-refractivity contribution in [3.8, 4) is 0 Å². The lowest BCUT2D eigenvalue weighted by Crippen LogP contribution is -2.47. The minimum atomic E-state index is -1.35. The normalized spacial score (nSPS) is 46.8. The maximum Gasteiger partial charge on any atom is 0.338 e. The zero-order chi connectivity index (χ0) is 12.3. The monoisotopic (exact) mass is 242 g/mol. The molecule has 1 aliphatic carbocycles. The molecule has 2 bridgehead atoms. The molecule has 0 radical (unpaired) electrons.